The van der Waals surface area contributed by atoms with E-state index in [2.05, 4.69) is 10.1 Å². The van der Waals surface area contributed by atoms with Crippen molar-refractivity contribution in [1.82, 2.24) is 14.6 Å². The first-order chi connectivity index (χ1) is 10.8. The molecular weight excluding hydrogens is 296 g/mol. The molecule has 4 aromatic rings. The third-order valence-electron chi connectivity index (χ3n) is 3.57. The maximum Gasteiger partial charge on any atom is 0.213 e. The Kier molecular flexibility index (Phi) is 2.99. The normalized spacial score (nSPS) is 11.3. The van der Waals surface area contributed by atoms with Gasteiger partial charge in [-0.1, -0.05) is 35.6 Å². The van der Waals surface area contributed by atoms with Crippen LogP contribution in [0, 0.1) is 0 Å². The Morgan fingerprint density at radius 2 is 2.00 bits per heavy atom. The second kappa shape index (κ2) is 5.01. The van der Waals surface area contributed by atoms with Gasteiger partial charge in [-0.3, -0.25) is 4.79 Å². The number of rotatable bonds is 3. The number of carbonyl (C=O) groups is 1. The van der Waals surface area contributed by atoms with Gasteiger partial charge in [-0.2, -0.15) is 4.98 Å². The summed E-state index contributed by atoms with van der Waals surface area (Å²) < 4.78 is 2.82. The SMILES string of the molecule is NCc1ccc(-c2nc3sc4cc(C=O)ccc4n3n2)cc1. The Morgan fingerprint density at radius 3 is 2.73 bits per heavy atom. The number of nitrogens with two attached hydrogens (primary N) is 1. The molecule has 0 unspecified atom stereocenters. The fourth-order valence-corrected chi connectivity index (χ4v) is 3.40. The molecule has 0 aliphatic rings. The van der Waals surface area contributed by atoms with Crippen LogP contribution in [0.1, 0.15) is 15.9 Å². The van der Waals surface area contributed by atoms with Gasteiger partial charge in [0.05, 0.1) is 10.2 Å². The van der Waals surface area contributed by atoms with Gasteiger partial charge in [-0.15, -0.1) is 5.10 Å². The number of carbonyl (C=O) groups excluding carboxylic acids is 1. The van der Waals surface area contributed by atoms with Gasteiger partial charge in [0.15, 0.2) is 5.82 Å². The second-order valence-corrected chi connectivity index (χ2v) is 5.99. The third kappa shape index (κ3) is 2.01. The van der Waals surface area contributed by atoms with Crippen molar-refractivity contribution in [2.45, 2.75) is 6.54 Å². The van der Waals surface area contributed by atoms with E-state index in [1.165, 1.54) is 11.3 Å². The Labute approximate surface area is 130 Å². The van der Waals surface area contributed by atoms with E-state index >= 15 is 0 Å². The highest BCUT2D eigenvalue weighted by atomic mass is 32.1. The molecule has 108 valence electrons. The first-order valence-electron chi connectivity index (χ1n) is 6.82. The van der Waals surface area contributed by atoms with Crippen LogP contribution in [0.3, 0.4) is 0 Å². The third-order valence-corrected chi connectivity index (χ3v) is 4.57. The van der Waals surface area contributed by atoms with Crippen molar-refractivity contribution >= 4 is 32.8 Å². The van der Waals surface area contributed by atoms with Gasteiger partial charge >= 0.3 is 0 Å². The Hall–Kier alpha value is -2.57. The summed E-state index contributed by atoms with van der Waals surface area (Å²) in [5, 5.41) is 4.58. The quantitative estimate of drug-likeness (QED) is 0.591. The molecule has 2 aromatic carbocycles. The van der Waals surface area contributed by atoms with E-state index in [1.807, 2.05) is 40.9 Å². The standard InChI is InChI=1S/C16H12N4OS/c17-8-10-1-4-12(5-2-10)15-18-16-20(19-15)13-6-3-11(9-21)7-14(13)22-16/h1-7,9H,8,17H2. The topological polar surface area (TPSA) is 73.3 Å². The molecule has 0 saturated carbocycles. The zero-order chi connectivity index (χ0) is 15.1. The van der Waals surface area contributed by atoms with Crippen LogP contribution in [0.4, 0.5) is 0 Å². The van der Waals surface area contributed by atoms with Crippen LogP contribution < -0.4 is 5.73 Å². The zero-order valence-corrected chi connectivity index (χ0v) is 12.4. The molecule has 0 saturated heterocycles. The monoisotopic (exact) mass is 308 g/mol. The highest BCUT2D eigenvalue weighted by Crippen LogP contribution is 2.28. The summed E-state index contributed by atoms with van der Waals surface area (Å²) >= 11 is 1.52. The Balaban J connectivity index is 1.84. The van der Waals surface area contributed by atoms with Crippen LogP contribution in [0.2, 0.25) is 0 Å². The molecule has 4 rings (SSSR count). The fraction of sp³-hybridized carbons (Fsp3) is 0.0625. The number of hydrogen-bond donors (Lipinski definition) is 1. The summed E-state index contributed by atoms with van der Waals surface area (Å²) in [6.07, 6.45) is 0.847. The molecule has 6 heteroatoms. The van der Waals surface area contributed by atoms with Crippen molar-refractivity contribution in [1.29, 1.82) is 0 Å². The smallest absolute Gasteiger partial charge is 0.213 e. The minimum absolute atomic E-state index is 0.524. The van der Waals surface area contributed by atoms with E-state index in [1.54, 1.807) is 6.07 Å². The molecule has 0 radical (unpaired) electrons. The zero-order valence-electron chi connectivity index (χ0n) is 11.6. The molecule has 2 N–H and O–H groups in total. The molecule has 0 aliphatic carbocycles. The van der Waals surface area contributed by atoms with Crippen molar-refractivity contribution in [3.63, 3.8) is 0 Å². The summed E-state index contributed by atoms with van der Waals surface area (Å²) in [6.45, 7) is 0.524. The lowest BCUT2D eigenvalue weighted by atomic mass is 10.1. The largest absolute Gasteiger partial charge is 0.326 e. The molecular formula is C16H12N4OS. The van der Waals surface area contributed by atoms with Crippen LogP contribution in [-0.2, 0) is 6.54 Å². The molecule has 0 atom stereocenters. The molecule has 22 heavy (non-hydrogen) atoms. The maximum absolute atomic E-state index is 10.9. The van der Waals surface area contributed by atoms with Gasteiger partial charge in [0, 0.05) is 17.7 Å². The van der Waals surface area contributed by atoms with Crippen LogP contribution >= 0.6 is 11.3 Å². The molecule has 2 aromatic heterocycles. The highest BCUT2D eigenvalue weighted by Gasteiger charge is 2.12. The Bertz CT molecular complexity index is 985. The van der Waals surface area contributed by atoms with Gasteiger partial charge in [0.25, 0.3) is 0 Å². The average molecular weight is 308 g/mol. The summed E-state index contributed by atoms with van der Waals surface area (Å²) in [7, 11) is 0. The predicted molar refractivity (Wildman–Crippen MR) is 87.1 cm³/mol. The highest BCUT2D eigenvalue weighted by molar-refractivity contribution is 7.23. The van der Waals surface area contributed by atoms with Gasteiger partial charge in [-0.05, 0) is 23.8 Å². The summed E-state index contributed by atoms with van der Waals surface area (Å²) in [4.78, 5) is 16.3. The molecule has 0 aliphatic heterocycles. The minimum Gasteiger partial charge on any atom is -0.326 e. The fourth-order valence-electron chi connectivity index (χ4n) is 2.39. The molecule has 0 spiro atoms. The van der Waals surface area contributed by atoms with Crippen LogP contribution in [-0.4, -0.2) is 20.9 Å². The van der Waals surface area contributed by atoms with E-state index in [0.717, 1.165) is 32.6 Å². The second-order valence-electron chi connectivity index (χ2n) is 4.98. The van der Waals surface area contributed by atoms with Crippen molar-refractivity contribution in [2.24, 2.45) is 5.73 Å². The van der Waals surface area contributed by atoms with E-state index in [4.69, 9.17) is 5.73 Å². The lowest BCUT2D eigenvalue weighted by Crippen LogP contribution is -1.95. The number of hydrogen-bond acceptors (Lipinski definition) is 5. The van der Waals surface area contributed by atoms with Crippen molar-refractivity contribution < 1.29 is 4.79 Å². The summed E-state index contributed by atoms with van der Waals surface area (Å²) in [5.41, 5.74) is 9.28. The summed E-state index contributed by atoms with van der Waals surface area (Å²) in [5.74, 6) is 0.691. The van der Waals surface area contributed by atoms with E-state index < -0.39 is 0 Å². The van der Waals surface area contributed by atoms with E-state index in [9.17, 15) is 4.79 Å². The van der Waals surface area contributed by atoms with E-state index in [0.29, 0.717) is 17.9 Å². The number of thiazole rings is 1. The van der Waals surface area contributed by atoms with Crippen molar-refractivity contribution in [2.75, 3.05) is 0 Å². The number of benzene rings is 2. The summed E-state index contributed by atoms with van der Waals surface area (Å²) in [6, 6.07) is 13.5. The first kappa shape index (κ1) is 13.1. The van der Waals surface area contributed by atoms with Crippen LogP contribution in [0.5, 0.6) is 0 Å². The number of aromatic nitrogens is 3. The maximum atomic E-state index is 10.9. The van der Waals surface area contributed by atoms with Crippen LogP contribution in [0.25, 0.3) is 26.6 Å². The number of aldehydes is 1. The van der Waals surface area contributed by atoms with Gasteiger partial charge < -0.3 is 5.73 Å². The number of nitrogens with zero attached hydrogens (tertiary/aromatic N) is 3. The lowest BCUT2D eigenvalue weighted by Gasteiger charge is -1.98. The van der Waals surface area contributed by atoms with Gasteiger partial charge in [0.1, 0.15) is 6.29 Å². The molecule has 0 bridgehead atoms. The molecule has 0 fully saturated rings. The average Bonchev–Trinajstić information content (AvgIpc) is 3.11. The lowest BCUT2D eigenvalue weighted by molar-refractivity contribution is 0.112. The minimum atomic E-state index is 0.524. The first-order valence-corrected chi connectivity index (χ1v) is 7.64. The molecule has 2 heterocycles. The number of fused-ring (bicyclic) bond motifs is 3. The van der Waals surface area contributed by atoms with Crippen LogP contribution in [0.15, 0.2) is 42.5 Å². The molecule has 0 amide bonds. The van der Waals surface area contributed by atoms with Crippen molar-refractivity contribution in [3.8, 4) is 11.4 Å². The molecule has 5 nitrogen and oxygen atoms in total. The Morgan fingerprint density at radius 1 is 1.18 bits per heavy atom. The van der Waals surface area contributed by atoms with E-state index in [-0.39, 0.29) is 0 Å². The van der Waals surface area contributed by atoms with Crippen molar-refractivity contribution in [3.05, 3.63) is 53.6 Å². The predicted octanol–water partition coefficient (Wildman–Crippen LogP) is 2.88. The van der Waals surface area contributed by atoms with Gasteiger partial charge in [0.2, 0.25) is 4.96 Å². The van der Waals surface area contributed by atoms with Gasteiger partial charge in [-0.25, -0.2) is 4.52 Å².